The Morgan fingerprint density at radius 2 is 2.14 bits per heavy atom. The lowest BCUT2D eigenvalue weighted by Crippen LogP contribution is -2.31. The highest BCUT2D eigenvalue weighted by Crippen LogP contribution is 2.17. The molecule has 0 fully saturated rings. The Bertz CT molecular complexity index is 652. The lowest BCUT2D eigenvalue weighted by Gasteiger charge is -2.14. The molecule has 0 radical (unpaired) electrons. The number of benzene rings is 1. The molecule has 2 rings (SSSR count). The zero-order valence-electron chi connectivity index (χ0n) is 11.7. The number of aromatic carboxylic acids is 1. The van der Waals surface area contributed by atoms with Gasteiger partial charge < -0.3 is 15.7 Å². The number of aromatic nitrogens is 2. The summed E-state index contributed by atoms with van der Waals surface area (Å²) in [4.78, 5) is 22.8. The molecule has 0 spiro atoms. The van der Waals surface area contributed by atoms with E-state index in [-0.39, 0.29) is 17.6 Å². The Morgan fingerprint density at radius 3 is 2.71 bits per heavy atom. The van der Waals surface area contributed by atoms with Crippen molar-refractivity contribution >= 4 is 17.7 Å². The van der Waals surface area contributed by atoms with Crippen LogP contribution >= 0.6 is 0 Å². The third-order valence-electron chi connectivity index (χ3n) is 3.09. The van der Waals surface area contributed by atoms with E-state index in [1.54, 1.807) is 25.4 Å². The van der Waals surface area contributed by atoms with Gasteiger partial charge in [-0.05, 0) is 37.6 Å². The first-order valence-electron chi connectivity index (χ1n) is 6.37. The molecular weight excluding hydrogens is 272 g/mol. The summed E-state index contributed by atoms with van der Waals surface area (Å²) in [5.41, 5.74) is 2.30. The van der Waals surface area contributed by atoms with Gasteiger partial charge in [0.15, 0.2) is 0 Å². The van der Waals surface area contributed by atoms with E-state index in [9.17, 15) is 9.59 Å². The molecule has 0 aliphatic carbocycles. The van der Waals surface area contributed by atoms with Crippen LogP contribution in [0.3, 0.4) is 0 Å². The van der Waals surface area contributed by atoms with Crippen molar-refractivity contribution in [3.63, 3.8) is 0 Å². The van der Waals surface area contributed by atoms with Gasteiger partial charge in [0.1, 0.15) is 0 Å². The summed E-state index contributed by atoms with van der Waals surface area (Å²) in [7, 11) is 0. The summed E-state index contributed by atoms with van der Waals surface area (Å²) < 4.78 is 0. The second-order valence-electron chi connectivity index (χ2n) is 4.69. The van der Waals surface area contributed by atoms with Crippen molar-refractivity contribution in [2.45, 2.75) is 19.9 Å². The molecule has 0 bridgehead atoms. The van der Waals surface area contributed by atoms with Gasteiger partial charge in [-0.1, -0.05) is 0 Å². The second kappa shape index (κ2) is 6.08. The number of aryl methyl sites for hydroxylation is 1. The largest absolute Gasteiger partial charge is 0.478 e. The maximum atomic E-state index is 11.9. The number of carbonyl (C=O) groups excluding carboxylic acids is 1. The van der Waals surface area contributed by atoms with Gasteiger partial charge in [-0.2, -0.15) is 5.10 Å². The van der Waals surface area contributed by atoms with Crippen molar-refractivity contribution in [3.05, 3.63) is 47.3 Å². The molecule has 2 aromatic rings. The number of nitrogens with one attached hydrogen (secondary N) is 3. The fourth-order valence-electron chi connectivity index (χ4n) is 1.87. The average molecular weight is 288 g/mol. The van der Waals surface area contributed by atoms with E-state index in [1.807, 2.05) is 6.92 Å². The number of carbonyl (C=O) groups is 2. The smallest absolute Gasteiger partial charge is 0.335 e. The summed E-state index contributed by atoms with van der Waals surface area (Å²) >= 11 is 0. The number of amides is 2. The maximum absolute atomic E-state index is 11.9. The van der Waals surface area contributed by atoms with E-state index in [0.717, 1.165) is 5.56 Å². The van der Waals surface area contributed by atoms with E-state index >= 15 is 0 Å². The Balaban J connectivity index is 2.01. The monoisotopic (exact) mass is 288 g/mol. The number of aromatic amines is 1. The number of urea groups is 1. The molecule has 0 aliphatic heterocycles. The van der Waals surface area contributed by atoms with Gasteiger partial charge >= 0.3 is 12.0 Å². The molecule has 7 nitrogen and oxygen atoms in total. The summed E-state index contributed by atoms with van der Waals surface area (Å²) in [5, 5.41) is 20.9. The number of carboxylic acids is 1. The molecule has 1 aromatic carbocycles. The number of hydrogen-bond acceptors (Lipinski definition) is 3. The van der Waals surface area contributed by atoms with Crippen LogP contribution in [0, 0.1) is 6.92 Å². The van der Waals surface area contributed by atoms with Crippen molar-refractivity contribution in [2.75, 3.05) is 5.32 Å². The first-order chi connectivity index (χ1) is 9.97. The van der Waals surface area contributed by atoms with Crippen LogP contribution in [0.1, 0.15) is 34.5 Å². The predicted octanol–water partition coefficient (Wildman–Crippen LogP) is 2.30. The minimum absolute atomic E-state index is 0.185. The lowest BCUT2D eigenvalue weighted by molar-refractivity contribution is 0.0697. The lowest BCUT2D eigenvalue weighted by atomic mass is 10.1. The standard InChI is InChI=1S/C14H16N4O3/c1-8-5-10(13(19)20)3-4-12(8)18-14(21)17-9(2)11-6-15-16-7-11/h3-7,9H,1-2H3,(H,15,16)(H,19,20)(H2,17,18,21). The number of nitrogens with zero attached hydrogens (tertiary/aromatic N) is 1. The fraction of sp³-hybridized carbons (Fsp3) is 0.214. The van der Waals surface area contributed by atoms with Crippen LogP contribution in [0.2, 0.25) is 0 Å². The quantitative estimate of drug-likeness (QED) is 0.692. The van der Waals surface area contributed by atoms with Crippen molar-refractivity contribution in [1.29, 1.82) is 0 Å². The van der Waals surface area contributed by atoms with Gasteiger partial charge in [-0.15, -0.1) is 0 Å². The molecule has 0 saturated carbocycles. The molecule has 1 atom stereocenters. The summed E-state index contributed by atoms with van der Waals surface area (Å²) in [6.07, 6.45) is 3.34. The van der Waals surface area contributed by atoms with E-state index in [4.69, 9.17) is 5.11 Å². The van der Waals surface area contributed by atoms with Crippen molar-refractivity contribution in [1.82, 2.24) is 15.5 Å². The SMILES string of the molecule is Cc1cc(C(=O)O)ccc1NC(=O)NC(C)c1cn[nH]c1. The van der Waals surface area contributed by atoms with Crippen LogP contribution in [-0.2, 0) is 0 Å². The van der Waals surface area contributed by atoms with Crippen LogP contribution in [0.25, 0.3) is 0 Å². The molecule has 1 heterocycles. The highest BCUT2D eigenvalue weighted by Gasteiger charge is 2.12. The number of rotatable bonds is 4. The summed E-state index contributed by atoms with van der Waals surface area (Å²) in [6.45, 7) is 3.58. The maximum Gasteiger partial charge on any atom is 0.335 e. The van der Waals surface area contributed by atoms with Gasteiger partial charge in [-0.3, -0.25) is 5.10 Å². The first-order valence-corrected chi connectivity index (χ1v) is 6.37. The Hall–Kier alpha value is -2.83. The van der Waals surface area contributed by atoms with Gasteiger partial charge in [0, 0.05) is 17.4 Å². The molecule has 1 unspecified atom stereocenters. The average Bonchev–Trinajstić information content (AvgIpc) is 2.94. The number of anilines is 1. The molecule has 0 aliphatic rings. The molecule has 7 heteroatoms. The number of hydrogen-bond donors (Lipinski definition) is 4. The zero-order valence-corrected chi connectivity index (χ0v) is 11.7. The molecular formula is C14H16N4O3. The second-order valence-corrected chi connectivity index (χ2v) is 4.69. The van der Waals surface area contributed by atoms with E-state index in [0.29, 0.717) is 11.3 Å². The van der Waals surface area contributed by atoms with E-state index in [2.05, 4.69) is 20.8 Å². The third-order valence-corrected chi connectivity index (χ3v) is 3.09. The normalized spacial score (nSPS) is 11.7. The highest BCUT2D eigenvalue weighted by molar-refractivity contribution is 5.92. The van der Waals surface area contributed by atoms with Crippen LogP contribution in [-0.4, -0.2) is 27.3 Å². The topological polar surface area (TPSA) is 107 Å². The van der Waals surface area contributed by atoms with Crippen molar-refractivity contribution in [3.8, 4) is 0 Å². The Labute approximate surface area is 121 Å². The van der Waals surface area contributed by atoms with Crippen molar-refractivity contribution < 1.29 is 14.7 Å². The van der Waals surface area contributed by atoms with Crippen LogP contribution < -0.4 is 10.6 Å². The minimum atomic E-state index is -0.998. The molecule has 1 aromatic heterocycles. The van der Waals surface area contributed by atoms with Gasteiger partial charge in [0.25, 0.3) is 0 Å². The van der Waals surface area contributed by atoms with Gasteiger partial charge in [-0.25, -0.2) is 9.59 Å². The predicted molar refractivity (Wildman–Crippen MR) is 77.3 cm³/mol. The van der Waals surface area contributed by atoms with E-state index < -0.39 is 5.97 Å². The number of carboxylic acid groups (broad SMARTS) is 1. The Kier molecular flexibility index (Phi) is 4.22. The number of H-pyrrole nitrogens is 1. The van der Waals surface area contributed by atoms with Gasteiger partial charge in [0.05, 0.1) is 17.8 Å². The molecule has 110 valence electrons. The molecule has 4 N–H and O–H groups in total. The summed E-state index contributed by atoms with van der Waals surface area (Å²) in [5.74, 6) is -0.998. The minimum Gasteiger partial charge on any atom is -0.478 e. The van der Waals surface area contributed by atoms with Crippen LogP contribution in [0.4, 0.5) is 10.5 Å². The molecule has 21 heavy (non-hydrogen) atoms. The highest BCUT2D eigenvalue weighted by atomic mass is 16.4. The fourth-order valence-corrected chi connectivity index (χ4v) is 1.87. The third kappa shape index (κ3) is 3.59. The Morgan fingerprint density at radius 1 is 1.38 bits per heavy atom. The molecule has 2 amide bonds. The van der Waals surface area contributed by atoms with Crippen molar-refractivity contribution in [2.24, 2.45) is 0 Å². The summed E-state index contributed by atoms with van der Waals surface area (Å²) in [6, 6.07) is 3.97. The van der Waals surface area contributed by atoms with E-state index in [1.165, 1.54) is 12.1 Å². The zero-order chi connectivity index (χ0) is 15.4. The molecule has 0 saturated heterocycles. The van der Waals surface area contributed by atoms with Crippen LogP contribution in [0.5, 0.6) is 0 Å². The van der Waals surface area contributed by atoms with Crippen LogP contribution in [0.15, 0.2) is 30.6 Å². The van der Waals surface area contributed by atoms with Gasteiger partial charge in [0.2, 0.25) is 0 Å². The first kappa shape index (κ1) is 14.6.